The highest BCUT2D eigenvalue weighted by molar-refractivity contribution is 7.89. The molecule has 1 aromatic carbocycles. The van der Waals surface area contributed by atoms with E-state index in [4.69, 9.17) is 9.47 Å². The molecule has 0 spiro atoms. The van der Waals surface area contributed by atoms with Crippen LogP contribution < -0.4 is 10.1 Å². The van der Waals surface area contributed by atoms with E-state index >= 15 is 0 Å². The fraction of sp³-hybridized carbons (Fsp3) is 0.500. The average Bonchev–Trinajstić information content (AvgIpc) is 2.46. The molecule has 0 unspecified atom stereocenters. The van der Waals surface area contributed by atoms with E-state index in [1.54, 1.807) is 20.1 Å². The van der Waals surface area contributed by atoms with Gasteiger partial charge in [0.05, 0.1) is 11.5 Å². The summed E-state index contributed by atoms with van der Waals surface area (Å²) in [6.45, 7) is 2.44. The second-order valence-corrected chi connectivity index (χ2v) is 7.00. The van der Waals surface area contributed by atoms with Crippen molar-refractivity contribution in [2.24, 2.45) is 0 Å². The maximum atomic E-state index is 12.0. The Morgan fingerprint density at radius 1 is 1.32 bits per heavy atom. The van der Waals surface area contributed by atoms with Crippen LogP contribution in [0.3, 0.4) is 0 Å². The lowest BCUT2D eigenvalue weighted by molar-refractivity contribution is -0.123. The lowest BCUT2D eigenvalue weighted by atomic mass is 10.2. The molecule has 0 bridgehead atoms. The predicted octanol–water partition coefficient (Wildman–Crippen LogP) is 0.387. The van der Waals surface area contributed by atoms with Gasteiger partial charge in [-0.15, -0.1) is 0 Å². The lowest BCUT2D eigenvalue weighted by Gasteiger charge is -2.14. The van der Waals surface area contributed by atoms with Crippen LogP contribution in [-0.2, 0) is 19.6 Å². The first-order valence-corrected chi connectivity index (χ1v) is 8.14. The van der Waals surface area contributed by atoms with Crippen LogP contribution in [0.4, 0.5) is 0 Å². The number of benzene rings is 1. The Balaban J connectivity index is 2.69. The first-order chi connectivity index (χ1) is 10.3. The molecule has 0 atom stereocenters. The number of rotatable bonds is 8. The minimum atomic E-state index is -3.48. The number of carbonyl (C=O) groups is 1. The van der Waals surface area contributed by atoms with Gasteiger partial charge in [0, 0.05) is 27.7 Å². The van der Waals surface area contributed by atoms with E-state index in [9.17, 15) is 13.2 Å². The molecule has 0 radical (unpaired) electrons. The summed E-state index contributed by atoms with van der Waals surface area (Å²) in [6, 6.07) is 4.53. The molecule has 0 aliphatic heterocycles. The van der Waals surface area contributed by atoms with Gasteiger partial charge < -0.3 is 14.8 Å². The molecule has 22 heavy (non-hydrogen) atoms. The largest absolute Gasteiger partial charge is 0.484 e. The van der Waals surface area contributed by atoms with Gasteiger partial charge in [0.15, 0.2) is 6.61 Å². The minimum absolute atomic E-state index is 0.135. The highest BCUT2D eigenvalue weighted by Crippen LogP contribution is 2.23. The van der Waals surface area contributed by atoms with Crippen LogP contribution in [0.2, 0.25) is 0 Å². The fourth-order valence-corrected chi connectivity index (χ4v) is 2.63. The van der Waals surface area contributed by atoms with Crippen molar-refractivity contribution in [1.82, 2.24) is 9.62 Å². The number of sulfonamides is 1. The van der Waals surface area contributed by atoms with Crippen LogP contribution in [0, 0.1) is 6.92 Å². The number of aryl methyl sites for hydroxylation is 1. The summed E-state index contributed by atoms with van der Waals surface area (Å²) in [6.07, 6.45) is 0. The van der Waals surface area contributed by atoms with Crippen molar-refractivity contribution in [1.29, 1.82) is 0 Å². The van der Waals surface area contributed by atoms with E-state index < -0.39 is 10.0 Å². The maximum absolute atomic E-state index is 12.0. The van der Waals surface area contributed by atoms with Crippen molar-refractivity contribution in [3.8, 4) is 5.75 Å². The van der Waals surface area contributed by atoms with Crippen LogP contribution in [0.1, 0.15) is 5.56 Å². The number of methoxy groups -OCH3 is 1. The van der Waals surface area contributed by atoms with Crippen molar-refractivity contribution in [2.75, 3.05) is 41.0 Å². The van der Waals surface area contributed by atoms with Crippen LogP contribution in [0.15, 0.2) is 23.1 Å². The summed E-state index contributed by atoms with van der Waals surface area (Å²) in [5, 5.41) is 2.63. The molecule has 0 saturated carbocycles. The first kappa shape index (κ1) is 18.4. The number of nitrogens with zero attached hydrogens (tertiary/aromatic N) is 1. The Labute approximate surface area is 131 Å². The van der Waals surface area contributed by atoms with Gasteiger partial charge >= 0.3 is 0 Å². The predicted molar refractivity (Wildman–Crippen MR) is 82.4 cm³/mol. The Hall–Kier alpha value is -1.64. The molecule has 1 aromatic rings. The van der Waals surface area contributed by atoms with Gasteiger partial charge in [-0.2, -0.15) is 0 Å². The molecule has 1 N–H and O–H groups in total. The van der Waals surface area contributed by atoms with Crippen molar-refractivity contribution in [3.05, 3.63) is 23.8 Å². The Bertz CT molecular complexity index is 614. The Kier molecular flexibility index (Phi) is 6.79. The van der Waals surface area contributed by atoms with Gasteiger partial charge in [0.1, 0.15) is 5.75 Å². The normalized spacial score (nSPS) is 11.5. The van der Waals surface area contributed by atoms with E-state index in [2.05, 4.69) is 5.32 Å². The molecule has 1 rings (SSSR count). The fourth-order valence-electron chi connectivity index (χ4n) is 1.64. The molecule has 0 aromatic heterocycles. The molecule has 0 saturated heterocycles. The zero-order chi connectivity index (χ0) is 16.8. The second kappa shape index (κ2) is 8.11. The minimum Gasteiger partial charge on any atom is -0.484 e. The van der Waals surface area contributed by atoms with Crippen LogP contribution in [0.5, 0.6) is 5.75 Å². The summed E-state index contributed by atoms with van der Waals surface area (Å²) >= 11 is 0. The average molecular weight is 330 g/mol. The van der Waals surface area contributed by atoms with Crippen molar-refractivity contribution in [3.63, 3.8) is 0 Å². The van der Waals surface area contributed by atoms with E-state index in [-0.39, 0.29) is 17.4 Å². The third-order valence-corrected chi connectivity index (χ3v) is 4.72. The molecule has 0 fully saturated rings. The summed E-state index contributed by atoms with van der Waals surface area (Å²) in [5.74, 6) is 0.209. The van der Waals surface area contributed by atoms with Gasteiger partial charge in [0.2, 0.25) is 10.0 Å². The standard InChI is InChI=1S/C14H22N2O5S/c1-11-9-12(22(18,19)16(2)3)5-6-13(11)21-10-14(17)15-7-8-20-4/h5-6,9H,7-8,10H2,1-4H3,(H,15,17). The highest BCUT2D eigenvalue weighted by Gasteiger charge is 2.18. The SMILES string of the molecule is COCCNC(=O)COc1ccc(S(=O)(=O)N(C)C)cc1C. The second-order valence-electron chi connectivity index (χ2n) is 4.85. The van der Waals surface area contributed by atoms with Gasteiger partial charge in [-0.25, -0.2) is 12.7 Å². The van der Waals surface area contributed by atoms with Gasteiger partial charge in [-0.05, 0) is 30.7 Å². The van der Waals surface area contributed by atoms with E-state index in [1.165, 1.54) is 26.2 Å². The number of carbonyl (C=O) groups excluding carboxylic acids is 1. The molecule has 7 nitrogen and oxygen atoms in total. The molecule has 124 valence electrons. The first-order valence-electron chi connectivity index (χ1n) is 6.70. The molecular weight excluding hydrogens is 308 g/mol. The van der Waals surface area contributed by atoms with Crippen molar-refractivity contribution >= 4 is 15.9 Å². The smallest absolute Gasteiger partial charge is 0.258 e. The third kappa shape index (κ3) is 4.97. The Morgan fingerprint density at radius 2 is 2.00 bits per heavy atom. The highest BCUT2D eigenvalue weighted by atomic mass is 32.2. The van der Waals surface area contributed by atoms with Crippen LogP contribution in [-0.4, -0.2) is 59.6 Å². The third-order valence-electron chi connectivity index (χ3n) is 2.91. The lowest BCUT2D eigenvalue weighted by Crippen LogP contribution is -2.31. The maximum Gasteiger partial charge on any atom is 0.258 e. The summed E-state index contributed by atoms with van der Waals surface area (Å²) in [5.41, 5.74) is 0.646. The van der Waals surface area contributed by atoms with Crippen LogP contribution >= 0.6 is 0 Å². The van der Waals surface area contributed by atoms with Gasteiger partial charge in [-0.3, -0.25) is 4.79 Å². The van der Waals surface area contributed by atoms with E-state index in [0.29, 0.717) is 24.5 Å². The van der Waals surface area contributed by atoms with Gasteiger partial charge in [0.25, 0.3) is 5.91 Å². The summed E-state index contributed by atoms with van der Waals surface area (Å²) in [7, 11) is 1.02. The number of amides is 1. The molecular formula is C14H22N2O5S. The number of hydrogen-bond acceptors (Lipinski definition) is 5. The molecule has 8 heteroatoms. The quantitative estimate of drug-likeness (QED) is 0.697. The number of hydrogen-bond donors (Lipinski definition) is 1. The molecule has 1 amide bonds. The van der Waals surface area contributed by atoms with E-state index in [0.717, 1.165) is 4.31 Å². The van der Waals surface area contributed by atoms with Crippen molar-refractivity contribution in [2.45, 2.75) is 11.8 Å². The molecule has 0 heterocycles. The molecule has 0 aliphatic carbocycles. The zero-order valence-electron chi connectivity index (χ0n) is 13.3. The van der Waals surface area contributed by atoms with E-state index in [1.807, 2.05) is 0 Å². The summed E-state index contributed by atoms with van der Waals surface area (Å²) in [4.78, 5) is 11.7. The Morgan fingerprint density at radius 3 is 2.55 bits per heavy atom. The number of ether oxygens (including phenoxy) is 2. The monoisotopic (exact) mass is 330 g/mol. The van der Waals surface area contributed by atoms with Gasteiger partial charge in [-0.1, -0.05) is 0 Å². The van der Waals surface area contributed by atoms with Crippen LogP contribution in [0.25, 0.3) is 0 Å². The summed E-state index contributed by atoms with van der Waals surface area (Å²) < 4.78 is 35.4. The number of nitrogens with one attached hydrogen (secondary N) is 1. The van der Waals surface area contributed by atoms with Crippen molar-refractivity contribution < 1.29 is 22.7 Å². The zero-order valence-corrected chi connectivity index (χ0v) is 14.1. The molecule has 0 aliphatic rings. The topological polar surface area (TPSA) is 84.9 Å².